The summed E-state index contributed by atoms with van der Waals surface area (Å²) in [6.07, 6.45) is 8.41. The predicted molar refractivity (Wildman–Crippen MR) is 277 cm³/mol. The highest BCUT2D eigenvalue weighted by atomic mass is 32.2. The lowest BCUT2D eigenvalue weighted by Gasteiger charge is -2.51. The molecule has 0 saturated heterocycles. The molecule has 71 heavy (non-hydrogen) atoms. The van der Waals surface area contributed by atoms with Crippen LogP contribution in [0.4, 0.5) is 0 Å². The van der Waals surface area contributed by atoms with Crippen LogP contribution in [0.3, 0.4) is 0 Å². The minimum absolute atomic E-state index is 0.0277. The van der Waals surface area contributed by atoms with Crippen LogP contribution in [0.25, 0.3) is 0 Å². The van der Waals surface area contributed by atoms with Gasteiger partial charge in [-0.15, -0.1) is 0 Å². The Morgan fingerprint density at radius 2 is 0.930 bits per heavy atom. The van der Waals surface area contributed by atoms with Crippen LogP contribution in [-0.2, 0) is 30.5 Å². The number of Topliss-reactive ketones (excluding diaryl/α,β-unsaturated/α-hetero) is 1. The second-order valence-electron chi connectivity index (χ2n) is 19.1. The Kier molecular flexibility index (Phi) is 14.0. The zero-order valence-electron chi connectivity index (χ0n) is 40.8. The number of aryl methyl sites for hydroxylation is 4. The number of hydrogen-bond acceptors (Lipinski definition) is 11. The summed E-state index contributed by atoms with van der Waals surface area (Å²) in [6.45, 7) is 7.88. The maximum atomic E-state index is 13.9. The lowest BCUT2D eigenvalue weighted by molar-refractivity contribution is -0.117. The normalized spacial score (nSPS) is 17.6. The Labute approximate surface area is 417 Å². The maximum Gasteiger partial charge on any atom is 0.278 e. The Morgan fingerprint density at radius 1 is 0.577 bits per heavy atom. The Hall–Kier alpha value is -7.10. The number of thioether (sulfide) groups is 1. The molecule has 15 heteroatoms. The van der Waals surface area contributed by atoms with Gasteiger partial charge in [-0.2, -0.15) is 11.8 Å². The van der Waals surface area contributed by atoms with Gasteiger partial charge in [0.25, 0.3) is 11.8 Å². The van der Waals surface area contributed by atoms with Crippen LogP contribution in [0.15, 0.2) is 131 Å². The summed E-state index contributed by atoms with van der Waals surface area (Å²) >= 11 is 1.49. The number of nitrogens with two attached hydrogens (primary N) is 1. The van der Waals surface area contributed by atoms with Gasteiger partial charge >= 0.3 is 0 Å². The van der Waals surface area contributed by atoms with Crippen LogP contribution in [-0.4, -0.2) is 89.9 Å². The highest BCUT2D eigenvalue weighted by Gasteiger charge is 2.47. The number of benzene rings is 4. The zero-order valence-corrected chi connectivity index (χ0v) is 41.6. The molecule has 0 bridgehead atoms. The molecule has 2 unspecified atom stereocenters. The second-order valence-corrected chi connectivity index (χ2v) is 20.0. The van der Waals surface area contributed by atoms with E-state index < -0.39 is 46.5 Å². The molecule has 2 aromatic heterocycles. The molecule has 4 N–H and O–H groups in total. The van der Waals surface area contributed by atoms with E-state index in [-0.39, 0.29) is 47.9 Å². The molecule has 2 aliphatic heterocycles. The van der Waals surface area contributed by atoms with Gasteiger partial charge in [0.05, 0.1) is 17.8 Å². The van der Waals surface area contributed by atoms with E-state index in [2.05, 4.69) is 58.5 Å². The molecule has 14 nitrogen and oxygen atoms in total. The first-order valence-corrected chi connectivity index (χ1v) is 25.8. The summed E-state index contributed by atoms with van der Waals surface area (Å²) in [5, 5.41) is 25.7. The molecular formula is C56H61N7O7S. The smallest absolute Gasteiger partial charge is 0.278 e. The fourth-order valence-corrected chi connectivity index (χ4v) is 11.7. The molecular weight excluding hydrogens is 915 g/mol. The molecule has 10 rings (SSSR count). The van der Waals surface area contributed by atoms with Gasteiger partial charge in [0.2, 0.25) is 10.9 Å². The van der Waals surface area contributed by atoms with Crippen molar-refractivity contribution in [3.8, 4) is 11.5 Å². The van der Waals surface area contributed by atoms with E-state index in [1.54, 1.807) is 31.5 Å². The average molecular weight is 976 g/mol. The third kappa shape index (κ3) is 8.79. The van der Waals surface area contributed by atoms with Crippen LogP contribution < -0.4 is 26.6 Å². The summed E-state index contributed by atoms with van der Waals surface area (Å²) in [7, 11) is 0. The van der Waals surface area contributed by atoms with Gasteiger partial charge in [0.15, 0.2) is 22.9 Å². The molecule has 4 heterocycles. The molecule has 0 saturated carbocycles. The molecule has 2 amide bonds. The third-order valence-electron chi connectivity index (χ3n) is 14.3. The number of nitrogens with zero attached hydrogens (tertiary/aromatic N) is 6. The van der Waals surface area contributed by atoms with Crippen molar-refractivity contribution in [1.29, 1.82) is 0 Å². The number of fused-ring (bicyclic) bond motifs is 6. The molecule has 0 fully saturated rings. The van der Waals surface area contributed by atoms with Gasteiger partial charge in [-0.25, -0.2) is 0 Å². The van der Waals surface area contributed by atoms with Crippen LogP contribution in [0.5, 0.6) is 11.5 Å². The zero-order chi connectivity index (χ0) is 50.2. The number of aromatic nitrogens is 2. The molecule has 2 atom stereocenters. The first-order valence-electron chi connectivity index (χ1n) is 24.4. The predicted octanol–water partition coefficient (Wildman–Crippen LogP) is 6.81. The molecule has 368 valence electrons. The fourth-order valence-electron chi connectivity index (χ4n) is 11.2. The van der Waals surface area contributed by atoms with E-state index in [0.29, 0.717) is 18.6 Å². The van der Waals surface area contributed by atoms with Crippen molar-refractivity contribution in [2.45, 2.75) is 103 Å². The van der Waals surface area contributed by atoms with Crippen molar-refractivity contribution >= 4 is 29.4 Å². The van der Waals surface area contributed by atoms with Crippen molar-refractivity contribution in [3.63, 3.8) is 0 Å². The molecule has 0 spiro atoms. The highest BCUT2D eigenvalue weighted by Crippen LogP contribution is 2.43. The van der Waals surface area contributed by atoms with Crippen LogP contribution in [0.2, 0.25) is 0 Å². The van der Waals surface area contributed by atoms with Crippen molar-refractivity contribution in [3.05, 3.63) is 198 Å². The molecule has 4 aliphatic rings. The fraction of sp³-hybridized carbons (Fsp3) is 0.339. The highest BCUT2D eigenvalue weighted by molar-refractivity contribution is 7.99. The molecule has 0 radical (unpaired) electrons. The topological polar surface area (TPSA) is 175 Å². The van der Waals surface area contributed by atoms with E-state index >= 15 is 0 Å². The lowest BCUT2D eigenvalue weighted by Crippen LogP contribution is -2.66. The molecule has 6 aromatic rings. The number of carbonyl (C=O) groups is 3. The Morgan fingerprint density at radius 3 is 1.28 bits per heavy atom. The number of amides is 2. The van der Waals surface area contributed by atoms with Crippen LogP contribution in [0, 0.1) is 0 Å². The van der Waals surface area contributed by atoms with Gasteiger partial charge in [0.1, 0.15) is 18.1 Å². The first kappa shape index (κ1) is 48.9. The number of pyridine rings is 2. The second kappa shape index (κ2) is 20.3. The van der Waals surface area contributed by atoms with Gasteiger partial charge in [-0.1, -0.05) is 97.1 Å². The van der Waals surface area contributed by atoms with Gasteiger partial charge in [-0.05, 0) is 111 Å². The number of carbonyl (C=O) groups excluding carboxylic acids is 3. The monoisotopic (exact) mass is 975 g/mol. The quantitative estimate of drug-likeness (QED) is 0.132. The largest absolute Gasteiger partial charge is 0.502 e. The number of aromatic hydroxyl groups is 2. The lowest BCUT2D eigenvalue weighted by atomic mass is 9.92. The van der Waals surface area contributed by atoms with Crippen LogP contribution >= 0.6 is 11.8 Å². The van der Waals surface area contributed by atoms with E-state index in [0.717, 1.165) is 47.9 Å². The van der Waals surface area contributed by atoms with Crippen molar-refractivity contribution < 1.29 is 24.6 Å². The summed E-state index contributed by atoms with van der Waals surface area (Å²) in [5.74, 6) is -1.36. The number of rotatable bonds is 10. The standard InChI is InChI=1S/C30H33N3O4S.C26H28N4O3/c1-19(2)32-26(15-14-22(34)18-38-3)33(31-17-16-25(35)29(36)28(31)30(32)37)27-23-10-6-4-8-20(23)12-13-21-9-5-7-11-24(21)27;1-16(2)29-22(15-27)30(28-14-13-21(31)25(32)24(28)26(29)33)23-19-9-5-3-7-17(19)11-12-18-8-4-6-10-20(18)23/h4-11,16-17,19,26-27,36H,12-15,18H2,1-3H3;3-10,13-14,16,22-23,32H,11-12,15,27H2,1-2H3. The van der Waals surface area contributed by atoms with Crippen molar-refractivity contribution in [1.82, 2.24) is 19.2 Å². The Bertz CT molecular complexity index is 3040. The average Bonchev–Trinajstić information content (AvgIpc) is 3.63. The first-order chi connectivity index (χ1) is 34.3. The van der Waals surface area contributed by atoms with Gasteiger partial charge < -0.3 is 25.7 Å². The summed E-state index contributed by atoms with van der Waals surface area (Å²) in [4.78, 5) is 68.3. The summed E-state index contributed by atoms with van der Waals surface area (Å²) in [5.41, 5.74) is 14.4. The van der Waals surface area contributed by atoms with Gasteiger partial charge in [-0.3, -0.25) is 43.3 Å². The van der Waals surface area contributed by atoms with E-state index in [1.165, 1.54) is 46.1 Å². The van der Waals surface area contributed by atoms with E-state index in [9.17, 15) is 34.2 Å². The summed E-state index contributed by atoms with van der Waals surface area (Å²) < 4.78 is 3.30. The van der Waals surface area contributed by atoms with Crippen molar-refractivity contribution in [2.24, 2.45) is 5.73 Å². The number of ketones is 1. The van der Waals surface area contributed by atoms with E-state index in [4.69, 9.17) is 5.73 Å². The van der Waals surface area contributed by atoms with Crippen LogP contribution in [0.1, 0.15) is 118 Å². The summed E-state index contributed by atoms with van der Waals surface area (Å²) in [6, 6.07) is 34.9. The Balaban J connectivity index is 0.000000177. The maximum absolute atomic E-state index is 13.9. The number of hydrogen-bond donors (Lipinski definition) is 3. The minimum Gasteiger partial charge on any atom is -0.502 e. The molecule has 4 aromatic carbocycles. The third-order valence-corrected chi connectivity index (χ3v) is 14.9. The van der Waals surface area contributed by atoms with E-state index in [1.807, 2.05) is 82.5 Å². The minimum atomic E-state index is -0.594. The van der Waals surface area contributed by atoms with Gasteiger partial charge in [0, 0.05) is 49.6 Å². The van der Waals surface area contributed by atoms with Crippen molar-refractivity contribution in [2.75, 3.05) is 28.6 Å². The SMILES string of the molecule is CC(C)N1C(=O)c2c(O)c(=O)ccn2N(C2c3ccccc3CCc3ccccc32)C1CN.CSCC(=O)CCC1N(C(C)C)C(=O)c2c(O)c(=O)ccn2N1C1c2ccccc2CCc2ccccc21. The molecule has 2 aliphatic carbocycles.